The van der Waals surface area contributed by atoms with Crippen molar-refractivity contribution in [2.24, 2.45) is 23.7 Å². The first-order chi connectivity index (χ1) is 16.2. The van der Waals surface area contributed by atoms with E-state index in [2.05, 4.69) is 10.6 Å². The van der Waals surface area contributed by atoms with Crippen LogP contribution in [-0.2, 0) is 31.4 Å². The van der Waals surface area contributed by atoms with E-state index in [9.17, 15) is 24.4 Å². The van der Waals surface area contributed by atoms with Gasteiger partial charge in [-0.15, -0.1) is 0 Å². The summed E-state index contributed by atoms with van der Waals surface area (Å²) in [5, 5.41) is 26.6. The number of amides is 2. The van der Waals surface area contributed by atoms with Crippen LogP contribution in [0.1, 0.15) is 66.9 Å². The van der Waals surface area contributed by atoms with Gasteiger partial charge in [0.2, 0.25) is 19.2 Å². The molecule has 4 N–H and O–H groups in total. The second-order valence-electron chi connectivity index (χ2n) is 10.6. The Morgan fingerprint density at radius 2 is 1.63 bits per heavy atom. The van der Waals surface area contributed by atoms with Crippen LogP contribution >= 0.6 is 7.37 Å². The van der Waals surface area contributed by atoms with Crippen molar-refractivity contribution >= 4 is 19.2 Å². The molecule has 0 aliphatic heterocycles. The largest absolute Gasteiger partial charge is 0.494 e. The topological polar surface area (TPSA) is 130 Å². The number of aromatic hydroxyl groups is 2. The maximum Gasteiger partial charge on any atom is 0.242 e. The third-order valence-corrected chi connectivity index (χ3v) is 8.12. The van der Waals surface area contributed by atoms with Crippen LogP contribution in [0, 0.1) is 23.7 Å². The molecule has 0 aromatic carbocycles. The van der Waals surface area contributed by atoms with E-state index in [1.54, 1.807) is 6.92 Å². The summed E-state index contributed by atoms with van der Waals surface area (Å²) in [5.74, 6) is -1.05. The van der Waals surface area contributed by atoms with E-state index < -0.39 is 19.3 Å². The molecule has 0 aliphatic rings. The van der Waals surface area contributed by atoms with E-state index in [1.807, 2.05) is 41.5 Å². The molecule has 1 aromatic heterocycles. The van der Waals surface area contributed by atoms with Crippen LogP contribution < -0.4 is 10.6 Å². The van der Waals surface area contributed by atoms with Gasteiger partial charge in [0.1, 0.15) is 12.3 Å². The van der Waals surface area contributed by atoms with Crippen molar-refractivity contribution in [3.63, 3.8) is 0 Å². The first-order valence-electron chi connectivity index (χ1n) is 12.6. The second kappa shape index (κ2) is 13.9. The number of aromatic nitrogens is 1. The van der Waals surface area contributed by atoms with Gasteiger partial charge in [0.05, 0.1) is 6.61 Å². The highest BCUT2D eigenvalue weighted by Gasteiger charge is 2.35. The number of hydrogen-bond acceptors (Lipinski definition) is 6. The summed E-state index contributed by atoms with van der Waals surface area (Å²) in [6.07, 6.45) is 1.17. The van der Waals surface area contributed by atoms with E-state index >= 15 is 0 Å². The van der Waals surface area contributed by atoms with Crippen LogP contribution in [0.2, 0.25) is 0 Å². The molecule has 2 amide bonds. The van der Waals surface area contributed by atoms with Crippen LogP contribution in [-0.4, -0.2) is 52.5 Å². The van der Waals surface area contributed by atoms with Gasteiger partial charge in [-0.1, -0.05) is 41.5 Å². The van der Waals surface area contributed by atoms with Gasteiger partial charge in [-0.05, 0) is 43.9 Å². The Bertz CT molecular complexity index is 881. The standard InChI is InChI=1S/C25H46N3O6P/c1-9-34-35(33,15-28-22(29)13-19(25(28)32)10-16(2)3)14-20(11-17(4)5)23(30)27-21(12-18(6)7)24(31)26-8/h13,16-18,20-21,29,32H,9-12,14-15H2,1-8H3,(H,26,31)(H,27,30)/t20?,21-,35?/m0/s1. The highest BCUT2D eigenvalue weighted by Crippen LogP contribution is 2.53. The van der Waals surface area contributed by atoms with Gasteiger partial charge < -0.3 is 25.4 Å². The van der Waals surface area contributed by atoms with Crippen molar-refractivity contribution in [3.05, 3.63) is 11.6 Å². The third-order valence-electron chi connectivity index (χ3n) is 5.68. The normalized spacial score (nSPS) is 15.3. The summed E-state index contributed by atoms with van der Waals surface area (Å²) in [7, 11) is -1.97. The molecule has 0 aliphatic carbocycles. The highest BCUT2D eigenvalue weighted by atomic mass is 31.2. The average Bonchev–Trinajstić information content (AvgIpc) is 2.98. The SMILES string of the molecule is CCOP(=O)(CC(CC(C)C)C(=O)N[C@@H](CC(C)C)C(=O)NC)Cn1c(O)cc(CC(C)C)c1O. The van der Waals surface area contributed by atoms with Crippen LogP contribution in [0.3, 0.4) is 0 Å². The van der Waals surface area contributed by atoms with Gasteiger partial charge in [0.25, 0.3) is 0 Å². The molecule has 10 heteroatoms. The minimum atomic E-state index is -3.50. The molecule has 2 unspecified atom stereocenters. The zero-order valence-corrected chi connectivity index (χ0v) is 23.5. The van der Waals surface area contributed by atoms with Crippen molar-refractivity contribution in [1.29, 1.82) is 0 Å². The number of nitrogens with zero attached hydrogens (tertiary/aromatic N) is 1. The molecule has 1 rings (SSSR count). The highest BCUT2D eigenvalue weighted by molar-refractivity contribution is 7.58. The van der Waals surface area contributed by atoms with Gasteiger partial charge in [0.15, 0.2) is 11.8 Å². The van der Waals surface area contributed by atoms with Gasteiger partial charge in [-0.2, -0.15) is 0 Å². The molecule has 0 spiro atoms. The second-order valence-corrected chi connectivity index (χ2v) is 13.1. The van der Waals surface area contributed by atoms with Crippen LogP contribution in [0.4, 0.5) is 0 Å². The number of likely N-dealkylation sites (N-methyl/N-ethyl adjacent to an activating group) is 1. The summed E-state index contributed by atoms with van der Waals surface area (Å²) in [6, 6.07) is 0.786. The molecule has 0 bridgehead atoms. The lowest BCUT2D eigenvalue weighted by molar-refractivity contribution is -0.131. The average molecular weight is 516 g/mol. The van der Waals surface area contributed by atoms with Crippen LogP contribution in [0.5, 0.6) is 11.8 Å². The van der Waals surface area contributed by atoms with Crippen molar-refractivity contribution in [2.75, 3.05) is 19.8 Å². The van der Waals surface area contributed by atoms with Crippen molar-refractivity contribution in [3.8, 4) is 11.8 Å². The summed E-state index contributed by atoms with van der Waals surface area (Å²) in [4.78, 5) is 25.7. The van der Waals surface area contributed by atoms with Gasteiger partial charge >= 0.3 is 0 Å². The molecule has 0 saturated carbocycles. The van der Waals surface area contributed by atoms with Gasteiger partial charge in [-0.25, -0.2) is 0 Å². The molecule has 1 aromatic rings. The number of carbonyl (C=O) groups is 2. The fourth-order valence-electron chi connectivity index (χ4n) is 4.25. The van der Waals surface area contributed by atoms with Crippen molar-refractivity contribution in [2.45, 2.75) is 80.1 Å². The molecule has 202 valence electrons. The predicted molar refractivity (Wildman–Crippen MR) is 139 cm³/mol. The van der Waals surface area contributed by atoms with E-state index in [1.165, 1.54) is 17.7 Å². The smallest absolute Gasteiger partial charge is 0.242 e. The van der Waals surface area contributed by atoms with Gasteiger partial charge in [-0.3, -0.25) is 18.7 Å². The first kappa shape index (κ1) is 31.0. The molecule has 0 radical (unpaired) electrons. The molecule has 1 heterocycles. The summed E-state index contributed by atoms with van der Waals surface area (Å²) in [5.41, 5.74) is 0.569. The van der Waals surface area contributed by atoms with Crippen molar-refractivity contribution < 1.29 is 28.9 Å². The van der Waals surface area contributed by atoms with E-state index in [-0.39, 0.29) is 60.4 Å². The molecular formula is C25H46N3O6P. The van der Waals surface area contributed by atoms with E-state index in [4.69, 9.17) is 4.52 Å². The number of hydrogen-bond donors (Lipinski definition) is 4. The van der Waals surface area contributed by atoms with Crippen molar-refractivity contribution in [1.82, 2.24) is 15.2 Å². The Morgan fingerprint density at radius 1 is 1.03 bits per heavy atom. The Balaban J connectivity index is 3.23. The third kappa shape index (κ3) is 9.88. The molecule has 0 saturated heterocycles. The summed E-state index contributed by atoms with van der Waals surface area (Å²) < 4.78 is 20.8. The Kier molecular flexibility index (Phi) is 12.4. The number of carbonyl (C=O) groups excluding carboxylic acids is 2. The Hall–Kier alpha value is -1.99. The maximum atomic E-state index is 13.9. The van der Waals surface area contributed by atoms with E-state index in [0.717, 1.165) is 0 Å². The predicted octanol–water partition coefficient (Wildman–Crippen LogP) is 4.31. The minimum absolute atomic E-state index is 0.0659. The molecule has 0 fully saturated rings. The minimum Gasteiger partial charge on any atom is -0.494 e. The first-order valence-corrected chi connectivity index (χ1v) is 14.6. The lowest BCUT2D eigenvalue weighted by Gasteiger charge is -2.27. The van der Waals surface area contributed by atoms with Crippen LogP contribution in [0.25, 0.3) is 0 Å². The maximum absolute atomic E-state index is 13.9. The zero-order valence-electron chi connectivity index (χ0n) is 22.6. The molecule has 35 heavy (non-hydrogen) atoms. The Morgan fingerprint density at radius 3 is 2.11 bits per heavy atom. The molecule has 9 nitrogen and oxygen atoms in total. The van der Waals surface area contributed by atoms with E-state index in [0.29, 0.717) is 24.8 Å². The lowest BCUT2D eigenvalue weighted by Crippen LogP contribution is -2.49. The number of rotatable bonds is 15. The number of nitrogens with one attached hydrogen (secondary N) is 2. The van der Waals surface area contributed by atoms with Gasteiger partial charge in [0, 0.05) is 30.8 Å². The fourth-order valence-corrected chi connectivity index (χ4v) is 6.72. The molecule has 3 atom stereocenters. The Labute approximate surface area is 210 Å². The quantitative estimate of drug-likeness (QED) is 0.258. The lowest BCUT2D eigenvalue weighted by atomic mass is 9.96. The monoisotopic (exact) mass is 515 g/mol. The summed E-state index contributed by atoms with van der Waals surface area (Å²) in [6.45, 7) is 13.8. The fraction of sp³-hybridized carbons (Fsp3) is 0.760. The van der Waals surface area contributed by atoms with Crippen LogP contribution in [0.15, 0.2) is 6.07 Å². The zero-order chi connectivity index (χ0) is 26.9. The summed E-state index contributed by atoms with van der Waals surface area (Å²) >= 11 is 0. The molecular weight excluding hydrogens is 469 g/mol.